The van der Waals surface area contributed by atoms with Gasteiger partial charge in [0.05, 0.1) is 24.6 Å². The van der Waals surface area contributed by atoms with Gasteiger partial charge in [-0.3, -0.25) is 4.98 Å². The molecule has 2 rings (SSSR count). The lowest BCUT2D eigenvalue weighted by atomic mass is 10.0. The molecule has 1 saturated heterocycles. The van der Waals surface area contributed by atoms with Crippen molar-refractivity contribution in [3.63, 3.8) is 0 Å². The smallest absolute Gasteiger partial charge is 0.407 e. The van der Waals surface area contributed by atoms with Crippen LogP contribution in [0.1, 0.15) is 44.0 Å². The Morgan fingerprint density at radius 3 is 2.54 bits per heavy atom. The van der Waals surface area contributed by atoms with Crippen LogP contribution in [0.5, 0.6) is 0 Å². The van der Waals surface area contributed by atoms with Gasteiger partial charge >= 0.3 is 12.1 Å². The maximum absolute atomic E-state index is 11.9. The van der Waals surface area contributed by atoms with Gasteiger partial charge < -0.3 is 19.7 Å². The van der Waals surface area contributed by atoms with Gasteiger partial charge in [-0.05, 0) is 39.7 Å². The number of hydrogen-bond acceptors (Lipinski definition) is 6. The van der Waals surface area contributed by atoms with E-state index in [0.717, 1.165) is 31.6 Å². The fourth-order valence-corrected chi connectivity index (χ4v) is 2.66. The number of nitrogens with zero attached hydrogens (tertiary/aromatic N) is 2. The first kappa shape index (κ1) is 18.0. The monoisotopic (exact) mass is 335 g/mol. The van der Waals surface area contributed by atoms with E-state index in [2.05, 4.69) is 15.2 Å². The minimum atomic E-state index is -0.504. The predicted molar refractivity (Wildman–Crippen MR) is 90.2 cm³/mol. The highest BCUT2D eigenvalue weighted by Crippen LogP contribution is 2.24. The summed E-state index contributed by atoms with van der Waals surface area (Å²) in [6, 6.07) is 1.72. The number of alkyl carbamates (subject to hydrolysis) is 1. The Morgan fingerprint density at radius 1 is 1.29 bits per heavy atom. The summed E-state index contributed by atoms with van der Waals surface area (Å²) in [5.41, 5.74) is 0.765. The molecule has 0 saturated carbocycles. The maximum atomic E-state index is 11.9. The average Bonchev–Trinajstić information content (AvgIpc) is 2.53. The highest BCUT2D eigenvalue weighted by Gasteiger charge is 2.25. The molecule has 0 spiro atoms. The van der Waals surface area contributed by atoms with E-state index in [9.17, 15) is 9.59 Å². The first-order valence-corrected chi connectivity index (χ1v) is 8.07. The van der Waals surface area contributed by atoms with Crippen molar-refractivity contribution in [1.82, 2.24) is 10.3 Å². The van der Waals surface area contributed by atoms with E-state index < -0.39 is 11.7 Å². The van der Waals surface area contributed by atoms with E-state index in [-0.39, 0.29) is 12.0 Å². The second-order valence-corrected chi connectivity index (χ2v) is 6.79. The lowest BCUT2D eigenvalue weighted by Gasteiger charge is -2.34. The fraction of sp³-hybridized carbons (Fsp3) is 0.588. The zero-order valence-corrected chi connectivity index (χ0v) is 14.7. The second kappa shape index (κ2) is 7.51. The van der Waals surface area contributed by atoms with Crippen LogP contribution in [0.25, 0.3) is 0 Å². The zero-order valence-electron chi connectivity index (χ0n) is 14.7. The van der Waals surface area contributed by atoms with Crippen molar-refractivity contribution in [2.24, 2.45) is 0 Å². The van der Waals surface area contributed by atoms with Crippen molar-refractivity contribution in [1.29, 1.82) is 0 Å². The number of hydrogen-bond donors (Lipinski definition) is 1. The molecule has 7 nitrogen and oxygen atoms in total. The summed E-state index contributed by atoms with van der Waals surface area (Å²) >= 11 is 0. The number of amides is 1. The molecule has 2 heterocycles. The van der Waals surface area contributed by atoms with Crippen LogP contribution < -0.4 is 10.2 Å². The number of anilines is 1. The molecule has 1 aromatic rings. The highest BCUT2D eigenvalue weighted by atomic mass is 16.6. The molecule has 132 valence electrons. The van der Waals surface area contributed by atoms with Crippen LogP contribution in [0.4, 0.5) is 10.5 Å². The number of aromatic nitrogens is 1. The third kappa shape index (κ3) is 4.84. The summed E-state index contributed by atoms with van der Waals surface area (Å²) in [6.07, 6.45) is 4.40. The highest BCUT2D eigenvalue weighted by molar-refractivity contribution is 5.95. The van der Waals surface area contributed by atoms with Gasteiger partial charge in [-0.15, -0.1) is 0 Å². The molecule has 0 radical (unpaired) electrons. The summed E-state index contributed by atoms with van der Waals surface area (Å²) in [4.78, 5) is 29.9. The van der Waals surface area contributed by atoms with Crippen molar-refractivity contribution in [2.45, 2.75) is 45.3 Å². The maximum Gasteiger partial charge on any atom is 0.407 e. The van der Waals surface area contributed by atoms with Gasteiger partial charge in [0.2, 0.25) is 0 Å². The Morgan fingerprint density at radius 2 is 1.96 bits per heavy atom. The van der Waals surface area contributed by atoms with Gasteiger partial charge in [-0.1, -0.05) is 0 Å². The summed E-state index contributed by atoms with van der Waals surface area (Å²) in [6.45, 7) is 6.95. The normalized spacial score (nSPS) is 15.8. The van der Waals surface area contributed by atoms with Crippen LogP contribution in [-0.2, 0) is 9.47 Å². The number of esters is 1. The molecule has 1 aromatic heterocycles. The van der Waals surface area contributed by atoms with Gasteiger partial charge in [0, 0.05) is 25.3 Å². The minimum Gasteiger partial charge on any atom is -0.465 e. The van der Waals surface area contributed by atoms with Gasteiger partial charge in [-0.25, -0.2) is 9.59 Å². The van der Waals surface area contributed by atoms with E-state index in [4.69, 9.17) is 9.47 Å². The van der Waals surface area contributed by atoms with Crippen LogP contribution in [0.15, 0.2) is 18.5 Å². The van der Waals surface area contributed by atoms with E-state index in [1.54, 1.807) is 18.5 Å². The summed E-state index contributed by atoms with van der Waals surface area (Å²) in [5.74, 6) is -0.374. The molecule has 1 amide bonds. The molecular weight excluding hydrogens is 310 g/mol. The van der Waals surface area contributed by atoms with Crippen molar-refractivity contribution >= 4 is 17.7 Å². The summed E-state index contributed by atoms with van der Waals surface area (Å²) in [7, 11) is 1.36. The molecule has 0 unspecified atom stereocenters. The van der Waals surface area contributed by atoms with Crippen LogP contribution in [0.2, 0.25) is 0 Å². The first-order chi connectivity index (χ1) is 11.3. The van der Waals surface area contributed by atoms with Gasteiger partial charge in [0.15, 0.2) is 0 Å². The van der Waals surface area contributed by atoms with Crippen molar-refractivity contribution in [2.75, 3.05) is 25.1 Å². The third-order valence-electron chi connectivity index (χ3n) is 3.76. The molecule has 24 heavy (non-hydrogen) atoms. The van der Waals surface area contributed by atoms with Crippen molar-refractivity contribution in [3.8, 4) is 0 Å². The third-order valence-corrected chi connectivity index (χ3v) is 3.76. The molecular formula is C17H25N3O4. The number of piperidine rings is 1. The molecule has 1 aliphatic rings. The number of methoxy groups -OCH3 is 1. The van der Waals surface area contributed by atoms with Crippen LogP contribution >= 0.6 is 0 Å². The Bertz CT molecular complexity index is 590. The number of pyridine rings is 1. The molecule has 1 aliphatic heterocycles. The first-order valence-electron chi connectivity index (χ1n) is 8.07. The lowest BCUT2D eigenvalue weighted by molar-refractivity contribution is 0.0496. The van der Waals surface area contributed by atoms with Crippen molar-refractivity contribution in [3.05, 3.63) is 24.0 Å². The van der Waals surface area contributed by atoms with E-state index in [1.165, 1.54) is 7.11 Å². The molecule has 0 aliphatic carbocycles. The lowest BCUT2D eigenvalue weighted by Crippen LogP contribution is -2.46. The van der Waals surface area contributed by atoms with Crippen LogP contribution in [0.3, 0.4) is 0 Å². The molecule has 1 fully saturated rings. The zero-order chi connectivity index (χ0) is 17.7. The Hall–Kier alpha value is -2.31. The van der Waals surface area contributed by atoms with E-state index in [1.807, 2.05) is 20.8 Å². The standard InChI is InChI=1S/C17H25N3O4/c1-17(2,3)24-16(22)19-12-6-9-20(10-7-12)14-11-18-8-5-13(14)15(21)23-4/h5,8,11-12H,6-7,9-10H2,1-4H3,(H,19,22). The van der Waals surface area contributed by atoms with Gasteiger partial charge in [0.25, 0.3) is 0 Å². The number of ether oxygens (including phenoxy) is 2. The molecule has 0 atom stereocenters. The quantitative estimate of drug-likeness (QED) is 0.854. The van der Waals surface area contributed by atoms with Crippen LogP contribution in [0, 0.1) is 0 Å². The van der Waals surface area contributed by atoms with E-state index >= 15 is 0 Å². The summed E-state index contributed by atoms with van der Waals surface area (Å²) < 4.78 is 10.1. The van der Waals surface area contributed by atoms with E-state index in [0.29, 0.717) is 5.56 Å². The fourth-order valence-electron chi connectivity index (χ4n) is 2.66. The predicted octanol–water partition coefficient (Wildman–Crippen LogP) is 2.36. The minimum absolute atomic E-state index is 0.0642. The Balaban J connectivity index is 1.94. The number of carbonyl (C=O) groups is 2. The molecule has 0 bridgehead atoms. The summed E-state index contributed by atoms with van der Waals surface area (Å²) in [5, 5.41) is 2.90. The molecule has 1 N–H and O–H groups in total. The topological polar surface area (TPSA) is 80.8 Å². The van der Waals surface area contributed by atoms with Crippen LogP contribution in [-0.4, -0.2) is 48.9 Å². The SMILES string of the molecule is COC(=O)c1ccncc1N1CCC(NC(=O)OC(C)(C)C)CC1. The molecule has 0 aromatic carbocycles. The largest absolute Gasteiger partial charge is 0.465 e. The molecule has 7 heteroatoms. The average molecular weight is 335 g/mol. The van der Waals surface area contributed by atoms with Gasteiger partial charge in [0.1, 0.15) is 5.60 Å². The number of carbonyl (C=O) groups excluding carboxylic acids is 2. The van der Waals surface area contributed by atoms with Crippen molar-refractivity contribution < 1.29 is 19.1 Å². The van der Waals surface area contributed by atoms with Gasteiger partial charge in [-0.2, -0.15) is 0 Å². The Kier molecular flexibility index (Phi) is 5.64. The number of nitrogens with one attached hydrogen (secondary N) is 1. The Labute approximate surface area is 142 Å². The second-order valence-electron chi connectivity index (χ2n) is 6.79. The number of rotatable bonds is 3.